The first-order chi connectivity index (χ1) is 11.4. The summed E-state index contributed by atoms with van der Waals surface area (Å²) >= 11 is 0. The van der Waals surface area contributed by atoms with Gasteiger partial charge in [0.05, 0.1) is 6.10 Å². The summed E-state index contributed by atoms with van der Waals surface area (Å²) < 4.78 is 5.44. The Morgan fingerprint density at radius 3 is 2.71 bits per heavy atom. The van der Waals surface area contributed by atoms with Gasteiger partial charge in [0.25, 0.3) is 0 Å². The number of esters is 1. The number of allylic oxidation sites excluding steroid dienone is 4. The monoisotopic (exact) mass is 328 g/mol. The Morgan fingerprint density at radius 2 is 1.92 bits per heavy atom. The van der Waals surface area contributed by atoms with Gasteiger partial charge >= 0.3 is 5.97 Å². The minimum Gasteiger partial charge on any atom is -0.508 e. The van der Waals surface area contributed by atoms with Crippen LogP contribution in [-0.2, 0) is 16.0 Å². The summed E-state index contributed by atoms with van der Waals surface area (Å²) in [6.45, 7) is 1.82. The van der Waals surface area contributed by atoms with Crippen molar-refractivity contribution < 1.29 is 24.5 Å². The van der Waals surface area contributed by atoms with Gasteiger partial charge in [-0.15, -0.1) is 0 Å². The van der Waals surface area contributed by atoms with Crippen molar-refractivity contribution in [2.75, 3.05) is 0 Å². The molecule has 1 aliphatic carbocycles. The maximum absolute atomic E-state index is 12.4. The first kappa shape index (κ1) is 16.3. The number of ketones is 1. The van der Waals surface area contributed by atoms with Gasteiger partial charge in [-0.25, -0.2) is 4.79 Å². The van der Waals surface area contributed by atoms with Gasteiger partial charge < -0.3 is 14.9 Å². The Labute approximate surface area is 140 Å². The van der Waals surface area contributed by atoms with Crippen molar-refractivity contribution >= 4 is 11.8 Å². The van der Waals surface area contributed by atoms with Crippen LogP contribution in [0, 0.1) is 11.8 Å². The fourth-order valence-corrected chi connectivity index (χ4v) is 3.15. The highest BCUT2D eigenvalue weighted by Gasteiger charge is 2.36. The first-order valence-corrected chi connectivity index (χ1v) is 8.07. The summed E-state index contributed by atoms with van der Waals surface area (Å²) in [6.07, 6.45) is 8.49. The van der Waals surface area contributed by atoms with Gasteiger partial charge in [0.15, 0.2) is 5.78 Å². The van der Waals surface area contributed by atoms with E-state index in [4.69, 9.17) is 4.74 Å². The van der Waals surface area contributed by atoms with Crippen molar-refractivity contribution in [2.24, 2.45) is 11.8 Å². The summed E-state index contributed by atoms with van der Waals surface area (Å²) in [7, 11) is 0. The lowest BCUT2D eigenvalue weighted by atomic mass is 10.00. The zero-order valence-electron chi connectivity index (χ0n) is 13.4. The number of hydrogen-bond acceptors (Lipinski definition) is 5. The third-order valence-electron chi connectivity index (χ3n) is 4.42. The SMILES string of the molecule is C[C@@H]1C[C@H]2C[C@@H]2/C=C/C=C/C(=O)Cc2cc(O)cc(O)c2C(=O)O1. The Kier molecular flexibility index (Phi) is 4.42. The second kappa shape index (κ2) is 6.51. The second-order valence-corrected chi connectivity index (χ2v) is 6.50. The molecule has 1 aliphatic heterocycles. The lowest BCUT2D eigenvalue weighted by molar-refractivity contribution is -0.114. The number of phenolic OH excluding ortho intramolecular Hbond substituents is 2. The van der Waals surface area contributed by atoms with Crippen LogP contribution in [0.4, 0.5) is 0 Å². The molecule has 5 nitrogen and oxygen atoms in total. The van der Waals surface area contributed by atoms with E-state index in [-0.39, 0.29) is 40.9 Å². The van der Waals surface area contributed by atoms with Crippen LogP contribution in [0.3, 0.4) is 0 Å². The predicted octanol–water partition coefficient (Wildman–Crippen LogP) is 2.91. The summed E-state index contributed by atoms with van der Waals surface area (Å²) in [5.74, 6) is -0.538. The fraction of sp³-hybridized carbons (Fsp3) is 0.368. The van der Waals surface area contributed by atoms with Crippen LogP contribution in [0.25, 0.3) is 0 Å². The van der Waals surface area contributed by atoms with Gasteiger partial charge in [-0.05, 0) is 49.3 Å². The fourth-order valence-electron chi connectivity index (χ4n) is 3.15. The second-order valence-electron chi connectivity index (χ2n) is 6.50. The third-order valence-corrected chi connectivity index (χ3v) is 4.42. The van der Waals surface area contributed by atoms with Crippen molar-refractivity contribution in [1.82, 2.24) is 0 Å². The highest BCUT2D eigenvalue weighted by Crippen LogP contribution is 2.43. The molecule has 24 heavy (non-hydrogen) atoms. The van der Waals surface area contributed by atoms with E-state index in [1.54, 1.807) is 6.08 Å². The number of carbonyl (C=O) groups excluding carboxylic acids is 2. The number of benzene rings is 1. The maximum atomic E-state index is 12.4. The summed E-state index contributed by atoms with van der Waals surface area (Å²) in [5, 5.41) is 19.7. The van der Waals surface area contributed by atoms with Crippen LogP contribution in [0.1, 0.15) is 35.7 Å². The standard InChI is InChI=1S/C19H20O5/c1-11-6-13-7-12(13)4-2-3-5-15(20)8-14-9-16(21)10-17(22)18(14)19(23)24-11/h2-5,9-13,21-22H,6-8H2,1H3/b4-2+,5-3+/t11-,12+,13+/m1/s1. The van der Waals surface area contributed by atoms with Gasteiger partial charge in [-0.3, -0.25) is 4.79 Å². The molecule has 3 rings (SSSR count). The molecule has 1 aromatic rings. The van der Waals surface area contributed by atoms with Crippen LogP contribution in [-0.4, -0.2) is 28.1 Å². The Balaban J connectivity index is 1.96. The topological polar surface area (TPSA) is 83.8 Å². The number of carbonyl (C=O) groups is 2. The zero-order chi connectivity index (χ0) is 17.3. The summed E-state index contributed by atoms with van der Waals surface area (Å²) in [6, 6.07) is 2.39. The van der Waals surface area contributed by atoms with Crippen molar-refractivity contribution in [3.8, 4) is 11.5 Å². The number of cyclic esters (lactones) is 1. The highest BCUT2D eigenvalue weighted by atomic mass is 16.5. The molecule has 0 amide bonds. The van der Waals surface area contributed by atoms with E-state index in [0.717, 1.165) is 18.9 Å². The minimum atomic E-state index is -0.670. The minimum absolute atomic E-state index is 0.0543. The van der Waals surface area contributed by atoms with Gasteiger partial charge in [0.1, 0.15) is 17.1 Å². The Bertz CT molecular complexity index is 732. The average Bonchev–Trinajstić information content (AvgIpc) is 3.19. The van der Waals surface area contributed by atoms with Crippen molar-refractivity contribution in [1.29, 1.82) is 0 Å². The van der Waals surface area contributed by atoms with E-state index < -0.39 is 5.97 Å². The smallest absolute Gasteiger partial charge is 0.342 e. The number of phenols is 2. The largest absolute Gasteiger partial charge is 0.508 e. The van der Waals surface area contributed by atoms with Crippen molar-refractivity contribution in [2.45, 2.75) is 32.3 Å². The molecule has 1 saturated carbocycles. The van der Waals surface area contributed by atoms with Gasteiger partial charge in [0.2, 0.25) is 0 Å². The number of rotatable bonds is 0. The Morgan fingerprint density at radius 1 is 1.12 bits per heavy atom. The van der Waals surface area contributed by atoms with E-state index in [0.29, 0.717) is 11.8 Å². The number of aromatic hydroxyl groups is 2. The van der Waals surface area contributed by atoms with Crippen LogP contribution in [0.2, 0.25) is 0 Å². The lowest BCUT2D eigenvalue weighted by Gasteiger charge is -2.16. The van der Waals surface area contributed by atoms with E-state index >= 15 is 0 Å². The molecule has 5 heteroatoms. The highest BCUT2D eigenvalue weighted by molar-refractivity contribution is 5.98. The molecule has 3 atom stereocenters. The van der Waals surface area contributed by atoms with Crippen LogP contribution < -0.4 is 0 Å². The van der Waals surface area contributed by atoms with Crippen LogP contribution >= 0.6 is 0 Å². The van der Waals surface area contributed by atoms with E-state index in [1.807, 2.05) is 13.0 Å². The molecule has 0 radical (unpaired) electrons. The third kappa shape index (κ3) is 3.67. The molecule has 0 aromatic heterocycles. The number of hydrogen-bond donors (Lipinski definition) is 2. The van der Waals surface area contributed by atoms with Crippen LogP contribution in [0.5, 0.6) is 11.5 Å². The molecule has 1 aromatic carbocycles. The predicted molar refractivity (Wildman–Crippen MR) is 87.9 cm³/mol. The molecule has 1 fully saturated rings. The molecule has 0 unspecified atom stereocenters. The number of ether oxygens (including phenoxy) is 1. The Hall–Kier alpha value is -2.56. The quantitative estimate of drug-likeness (QED) is 0.715. The normalized spacial score (nSPS) is 29.6. The molecule has 2 N–H and O–H groups in total. The van der Waals surface area contributed by atoms with Crippen LogP contribution in [0.15, 0.2) is 36.4 Å². The number of fused-ring (bicyclic) bond motifs is 2. The van der Waals surface area contributed by atoms with Gasteiger partial charge in [0, 0.05) is 12.5 Å². The molecular weight excluding hydrogens is 308 g/mol. The van der Waals surface area contributed by atoms with E-state index in [9.17, 15) is 19.8 Å². The molecule has 126 valence electrons. The van der Waals surface area contributed by atoms with Crippen molar-refractivity contribution in [3.63, 3.8) is 0 Å². The summed E-state index contributed by atoms with van der Waals surface area (Å²) in [4.78, 5) is 24.5. The zero-order valence-corrected chi connectivity index (χ0v) is 13.4. The van der Waals surface area contributed by atoms with E-state index in [2.05, 4.69) is 6.08 Å². The summed E-state index contributed by atoms with van der Waals surface area (Å²) in [5.41, 5.74) is 0.200. The molecule has 0 spiro atoms. The molecule has 1 heterocycles. The maximum Gasteiger partial charge on any atom is 0.342 e. The molecule has 2 aliphatic rings. The lowest BCUT2D eigenvalue weighted by Crippen LogP contribution is -2.18. The first-order valence-electron chi connectivity index (χ1n) is 8.07. The van der Waals surface area contributed by atoms with Gasteiger partial charge in [-0.1, -0.05) is 18.2 Å². The molecule has 0 saturated heterocycles. The molecular formula is C19H20O5. The average molecular weight is 328 g/mol. The van der Waals surface area contributed by atoms with E-state index in [1.165, 1.54) is 12.1 Å². The van der Waals surface area contributed by atoms with Crippen molar-refractivity contribution in [3.05, 3.63) is 47.6 Å². The van der Waals surface area contributed by atoms with Gasteiger partial charge in [-0.2, -0.15) is 0 Å². The molecule has 0 bridgehead atoms.